The fraction of sp³-hybridized carbons (Fsp3) is 0.227. The van der Waals surface area contributed by atoms with Crippen LogP contribution >= 0.6 is 0 Å². The molecule has 0 bridgehead atoms. The normalized spacial score (nSPS) is 10.8. The lowest BCUT2D eigenvalue weighted by Crippen LogP contribution is -2.27. The van der Waals surface area contributed by atoms with Gasteiger partial charge in [0, 0.05) is 23.0 Å². The quantitative estimate of drug-likeness (QED) is 0.363. The molecule has 1 heterocycles. The number of methoxy groups -OCH3 is 3. The molecule has 0 atom stereocenters. The van der Waals surface area contributed by atoms with Crippen LogP contribution in [0.3, 0.4) is 0 Å². The fourth-order valence-corrected chi connectivity index (χ4v) is 3.44. The zero-order chi connectivity index (χ0) is 21.0. The van der Waals surface area contributed by atoms with E-state index in [4.69, 9.17) is 14.2 Å². The SMILES string of the molecule is COC(=O)c1c(C(C(=O)OC)C(=O)OC)c2ccccc2n1Cc1ccccc1. The van der Waals surface area contributed by atoms with Gasteiger partial charge in [-0.3, -0.25) is 9.59 Å². The van der Waals surface area contributed by atoms with Crippen molar-refractivity contribution in [3.05, 3.63) is 71.4 Å². The zero-order valence-corrected chi connectivity index (χ0v) is 16.4. The number of fused-ring (bicyclic) bond motifs is 1. The van der Waals surface area contributed by atoms with E-state index >= 15 is 0 Å². The summed E-state index contributed by atoms with van der Waals surface area (Å²) in [6.07, 6.45) is 0. The van der Waals surface area contributed by atoms with Crippen LogP contribution in [0.25, 0.3) is 10.9 Å². The van der Waals surface area contributed by atoms with E-state index in [9.17, 15) is 14.4 Å². The minimum Gasteiger partial charge on any atom is -0.468 e. The molecule has 29 heavy (non-hydrogen) atoms. The van der Waals surface area contributed by atoms with Crippen molar-refractivity contribution in [2.45, 2.75) is 12.5 Å². The molecule has 3 rings (SSSR count). The summed E-state index contributed by atoms with van der Waals surface area (Å²) in [5, 5.41) is 0.574. The number of aromatic nitrogens is 1. The monoisotopic (exact) mass is 395 g/mol. The van der Waals surface area contributed by atoms with Crippen LogP contribution in [0.4, 0.5) is 0 Å². The minimum atomic E-state index is -1.42. The van der Waals surface area contributed by atoms with Gasteiger partial charge in [0.05, 0.1) is 21.3 Å². The van der Waals surface area contributed by atoms with E-state index in [1.54, 1.807) is 16.7 Å². The molecule has 3 aromatic rings. The molecular formula is C22H21NO6. The molecule has 1 aromatic heterocycles. The van der Waals surface area contributed by atoms with Gasteiger partial charge in [0.25, 0.3) is 0 Å². The summed E-state index contributed by atoms with van der Waals surface area (Å²) < 4.78 is 16.4. The molecule has 2 aromatic carbocycles. The molecule has 0 fully saturated rings. The van der Waals surface area contributed by atoms with Crippen molar-refractivity contribution in [3.8, 4) is 0 Å². The van der Waals surface area contributed by atoms with E-state index < -0.39 is 23.8 Å². The first-order valence-corrected chi connectivity index (χ1v) is 8.92. The maximum atomic E-state index is 12.8. The second-order valence-electron chi connectivity index (χ2n) is 6.32. The molecule has 0 saturated heterocycles. The summed E-state index contributed by atoms with van der Waals surface area (Å²) in [5.74, 6) is -3.71. The van der Waals surface area contributed by atoms with Crippen molar-refractivity contribution in [2.24, 2.45) is 0 Å². The van der Waals surface area contributed by atoms with Gasteiger partial charge < -0.3 is 18.8 Å². The molecule has 0 unspecified atom stereocenters. The van der Waals surface area contributed by atoms with Crippen LogP contribution in [0.2, 0.25) is 0 Å². The van der Waals surface area contributed by atoms with Crippen LogP contribution in [-0.2, 0) is 30.3 Å². The minimum absolute atomic E-state index is 0.110. The summed E-state index contributed by atoms with van der Waals surface area (Å²) in [6.45, 7) is 0.348. The van der Waals surface area contributed by atoms with Crippen molar-refractivity contribution in [1.29, 1.82) is 0 Å². The van der Waals surface area contributed by atoms with E-state index in [1.807, 2.05) is 42.5 Å². The Labute approximate surface area is 167 Å². The Morgan fingerprint density at radius 3 is 2.00 bits per heavy atom. The lowest BCUT2D eigenvalue weighted by molar-refractivity contribution is -0.154. The third-order valence-electron chi connectivity index (χ3n) is 4.73. The van der Waals surface area contributed by atoms with Crippen molar-refractivity contribution < 1.29 is 28.6 Å². The van der Waals surface area contributed by atoms with E-state index in [1.165, 1.54) is 21.3 Å². The fourth-order valence-electron chi connectivity index (χ4n) is 3.44. The second-order valence-corrected chi connectivity index (χ2v) is 6.32. The van der Waals surface area contributed by atoms with Gasteiger partial charge in [-0.15, -0.1) is 0 Å². The number of esters is 3. The molecule has 7 nitrogen and oxygen atoms in total. The molecule has 0 aliphatic heterocycles. The van der Waals surface area contributed by atoms with Gasteiger partial charge in [-0.2, -0.15) is 0 Å². The Hall–Kier alpha value is -3.61. The smallest absolute Gasteiger partial charge is 0.355 e. The van der Waals surface area contributed by atoms with E-state index in [0.29, 0.717) is 17.4 Å². The van der Waals surface area contributed by atoms with Gasteiger partial charge in [0.1, 0.15) is 5.69 Å². The summed E-state index contributed by atoms with van der Waals surface area (Å²) in [4.78, 5) is 37.8. The molecular weight excluding hydrogens is 374 g/mol. The van der Waals surface area contributed by atoms with Gasteiger partial charge in [-0.1, -0.05) is 48.5 Å². The second kappa shape index (κ2) is 8.60. The van der Waals surface area contributed by atoms with E-state index in [2.05, 4.69) is 0 Å². The van der Waals surface area contributed by atoms with Gasteiger partial charge in [-0.05, 0) is 11.6 Å². The topological polar surface area (TPSA) is 83.8 Å². The maximum Gasteiger partial charge on any atom is 0.355 e. The Morgan fingerprint density at radius 2 is 1.41 bits per heavy atom. The van der Waals surface area contributed by atoms with Crippen LogP contribution in [0.5, 0.6) is 0 Å². The van der Waals surface area contributed by atoms with Crippen molar-refractivity contribution in [1.82, 2.24) is 4.57 Å². The summed E-state index contributed by atoms with van der Waals surface area (Å²) in [7, 11) is 3.61. The number of hydrogen-bond donors (Lipinski definition) is 0. The first kappa shape index (κ1) is 20.1. The standard InChI is InChI=1S/C22H21NO6/c1-27-20(24)18(21(25)28-2)17-15-11-7-8-12-16(15)23(19(17)22(26)29-3)13-14-9-5-4-6-10-14/h4-12,18H,13H2,1-3H3. The molecule has 7 heteroatoms. The number of benzene rings is 2. The van der Waals surface area contributed by atoms with Crippen LogP contribution in [0, 0.1) is 0 Å². The lowest BCUT2D eigenvalue weighted by Gasteiger charge is -2.15. The number of carbonyl (C=O) groups is 3. The molecule has 0 aliphatic rings. The molecule has 0 N–H and O–H groups in total. The van der Waals surface area contributed by atoms with E-state index in [0.717, 1.165) is 5.56 Å². The Kier molecular flexibility index (Phi) is 5.97. The van der Waals surface area contributed by atoms with Crippen molar-refractivity contribution in [2.75, 3.05) is 21.3 Å². The third kappa shape index (κ3) is 3.71. The van der Waals surface area contributed by atoms with Gasteiger partial charge in [-0.25, -0.2) is 4.79 Å². The van der Waals surface area contributed by atoms with Gasteiger partial charge >= 0.3 is 17.9 Å². The first-order valence-electron chi connectivity index (χ1n) is 8.92. The molecule has 0 amide bonds. The first-order chi connectivity index (χ1) is 14.0. The Morgan fingerprint density at radius 1 is 0.828 bits per heavy atom. The third-order valence-corrected chi connectivity index (χ3v) is 4.73. The zero-order valence-electron chi connectivity index (χ0n) is 16.4. The van der Waals surface area contributed by atoms with Crippen LogP contribution in [0.1, 0.15) is 27.5 Å². The lowest BCUT2D eigenvalue weighted by atomic mass is 9.95. The average Bonchev–Trinajstić information content (AvgIpc) is 3.07. The molecule has 0 aliphatic carbocycles. The molecule has 0 radical (unpaired) electrons. The van der Waals surface area contributed by atoms with Crippen LogP contribution < -0.4 is 0 Å². The predicted molar refractivity (Wildman–Crippen MR) is 106 cm³/mol. The Balaban J connectivity index is 2.35. The Bertz CT molecular complexity index is 1040. The number of rotatable bonds is 6. The van der Waals surface area contributed by atoms with Crippen molar-refractivity contribution >= 4 is 28.8 Å². The highest BCUT2D eigenvalue weighted by Crippen LogP contribution is 2.35. The van der Waals surface area contributed by atoms with Gasteiger partial charge in [0.2, 0.25) is 0 Å². The predicted octanol–water partition coefficient (Wildman–Crippen LogP) is 2.91. The van der Waals surface area contributed by atoms with E-state index in [-0.39, 0.29) is 11.3 Å². The highest BCUT2D eigenvalue weighted by atomic mass is 16.5. The summed E-state index contributed by atoms with van der Waals surface area (Å²) >= 11 is 0. The summed E-state index contributed by atoms with van der Waals surface area (Å²) in [6, 6.07) is 16.7. The number of ether oxygens (including phenoxy) is 3. The molecule has 0 saturated carbocycles. The van der Waals surface area contributed by atoms with Crippen LogP contribution in [-0.4, -0.2) is 43.8 Å². The number of carbonyl (C=O) groups excluding carboxylic acids is 3. The molecule has 0 spiro atoms. The molecule has 150 valence electrons. The largest absolute Gasteiger partial charge is 0.468 e. The summed E-state index contributed by atoms with van der Waals surface area (Å²) in [5.41, 5.74) is 1.95. The highest BCUT2D eigenvalue weighted by molar-refractivity contribution is 6.09. The number of para-hydroxylation sites is 1. The maximum absolute atomic E-state index is 12.8. The average molecular weight is 395 g/mol. The number of hydrogen-bond acceptors (Lipinski definition) is 6. The van der Waals surface area contributed by atoms with Crippen LogP contribution in [0.15, 0.2) is 54.6 Å². The van der Waals surface area contributed by atoms with Gasteiger partial charge in [0.15, 0.2) is 5.92 Å². The van der Waals surface area contributed by atoms with Crippen molar-refractivity contribution in [3.63, 3.8) is 0 Å². The highest BCUT2D eigenvalue weighted by Gasteiger charge is 2.38. The number of nitrogens with zero attached hydrogens (tertiary/aromatic N) is 1.